The zero-order valence-electron chi connectivity index (χ0n) is 12.1. The first-order chi connectivity index (χ1) is 9.70. The molecule has 1 aliphatic rings. The quantitative estimate of drug-likeness (QED) is 0.839. The lowest BCUT2D eigenvalue weighted by atomic mass is 9.94. The van der Waals surface area contributed by atoms with Crippen LogP contribution in [0.3, 0.4) is 0 Å². The third kappa shape index (κ3) is 4.02. The highest BCUT2D eigenvalue weighted by Crippen LogP contribution is 2.25. The summed E-state index contributed by atoms with van der Waals surface area (Å²) in [5.74, 6) is 0.648. The second kappa shape index (κ2) is 7.36. The van der Waals surface area contributed by atoms with Crippen molar-refractivity contribution in [3.05, 3.63) is 30.1 Å². The predicted octanol–water partition coefficient (Wildman–Crippen LogP) is 0.930. The van der Waals surface area contributed by atoms with Gasteiger partial charge in [0, 0.05) is 38.4 Å². The maximum absolute atomic E-state index is 10.9. The fourth-order valence-electron chi connectivity index (χ4n) is 2.84. The van der Waals surface area contributed by atoms with Crippen LogP contribution in [-0.4, -0.2) is 42.0 Å². The van der Waals surface area contributed by atoms with E-state index < -0.39 is 0 Å². The zero-order chi connectivity index (χ0) is 14.4. The standard InChI is InChI=1S/C15H24N4O/c1-12(20)18-11-13-4-8-19(9-5-13)15(10-16)14-2-6-17-7-3-14/h2-3,6-7,13,15H,4-5,8-11,16H2,1H3,(H,18,20). The van der Waals surface area contributed by atoms with Gasteiger partial charge in [-0.2, -0.15) is 0 Å². The molecule has 0 aromatic carbocycles. The topological polar surface area (TPSA) is 71.2 Å². The third-order valence-electron chi connectivity index (χ3n) is 4.04. The number of nitrogens with two attached hydrogens (primary N) is 1. The Kier molecular flexibility index (Phi) is 5.49. The van der Waals surface area contributed by atoms with E-state index in [0.717, 1.165) is 32.5 Å². The Balaban J connectivity index is 1.87. The van der Waals surface area contributed by atoms with Gasteiger partial charge in [0.05, 0.1) is 0 Å². The Hall–Kier alpha value is -1.46. The van der Waals surface area contributed by atoms with E-state index in [1.165, 1.54) is 5.56 Å². The number of carbonyl (C=O) groups is 1. The lowest BCUT2D eigenvalue weighted by Gasteiger charge is -2.37. The molecule has 0 radical (unpaired) electrons. The Morgan fingerprint density at radius 2 is 2.10 bits per heavy atom. The summed E-state index contributed by atoms with van der Waals surface area (Å²) in [6.07, 6.45) is 5.87. The minimum absolute atomic E-state index is 0.0593. The van der Waals surface area contributed by atoms with Gasteiger partial charge in [0.15, 0.2) is 0 Å². The fraction of sp³-hybridized carbons (Fsp3) is 0.600. The van der Waals surface area contributed by atoms with Crippen LogP contribution in [0.2, 0.25) is 0 Å². The van der Waals surface area contributed by atoms with Crippen LogP contribution in [0.5, 0.6) is 0 Å². The van der Waals surface area contributed by atoms with Crippen molar-refractivity contribution < 1.29 is 4.79 Å². The number of likely N-dealkylation sites (tertiary alicyclic amines) is 1. The first-order valence-corrected chi connectivity index (χ1v) is 7.29. The molecule has 1 amide bonds. The van der Waals surface area contributed by atoms with Gasteiger partial charge >= 0.3 is 0 Å². The molecule has 0 bridgehead atoms. The Morgan fingerprint density at radius 3 is 2.65 bits per heavy atom. The average molecular weight is 276 g/mol. The minimum atomic E-state index is 0.0593. The molecule has 0 spiro atoms. The van der Waals surface area contributed by atoms with E-state index >= 15 is 0 Å². The molecule has 3 N–H and O–H groups in total. The minimum Gasteiger partial charge on any atom is -0.356 e. The Labute approximate surface area is 120 Å². The number of carbonyl (C=O) groups excluding carboxylic acids is 1. The van der Waals surface area contributed by atoms with Gasteiger partial charge in [0.1, 0.15) is 0 Å². The summed E-state index contributed by atoms with van der Waals surface area (Å²) in [6.45, 7) is 5.07. The lowest BCUT2D eigenvalue weighted by molar-refractivity contribution is -0.119. The molecule has 110 valence electrons. The molecule has 1 atom stereocenters. The first-order valence-electron chi connectivity index (χ1n) is 7.29. The lowest BCUT2D eigenvalue weighted by Crippen LogP contribution is -2.42. The second-order valence-corrected chi connectivity index (χ2v) is 5.45. The van der Waals surface area contributed by atoms with Crippen LogP contribution >= 0.6 is 0 Å². The van der Waals surface area contributed by atoms with Crippen molar-refractivity contribution in [3.63, 3.8) is 0 Å². The molecule has 20 heavy (non-hydrogen) atoms. The van der Waals surface area contributed by atoms with Crippen LogP contribution in [0, 0.1) is 5.92 Å². The van der Waals surface area contributed by atoms with Crippen LogP contribution in [-0.2, 0) is 4.79 Å². The highest BCUT2D eigenvalue weighted by atomic mass is 16.1. The van der Waals surface area contributed by atoms with Gasteiger partial charge in [-0.3, -0.25) is 14.7 Å². The molecular formula is C15H24N4O. The predicted molar refractivity (Wildman–Crippen MR) is 79.0 cm³/mol. The van der Waals surface area contributed by atoms with Gasteiger partial charge in [0.2, 0.25) is 5.91 Å². The molecule has 1 aromatic heterocycles. The summed E-state index contributed by atoms with van der Waals surface area (Å²) in [5, 5.41) is 2.91. The summed E-state index contributed by atoms with van der Waals surface area (Å²) in [4.78, 5) is 17.5. The molecule has 2 heterocycles. The van der Waals surface area contributed by atoms with Crippen molar-refractivity contribution in [3.8, 4) is 0 Å². The number of hydrogen-bond donors (Lipinski definition) is 2. The van der Waals surface area contributed by atoms with Crippen molar-refractivity contribution in [1.29, 1.82) is 0 Å². The smallest absolute Gasteiger partial charge is 0.216 e. The van der Waals surface area contributed by atoms with Crippen molar-refractivity contribution in [2.45, 2.75) is 25.8 Å². The normalized spacial score (nSPS) is 18.7. The van der Waals surface area contributed by atoms with Crippen LogP contribution in [0.15, 0.2) is 24.5 Å². The average Bonchev–Trinajstić information content (AvgIpc) is 2.48. The molecule has 1 aromatic rings. The first kappa shape index (κ1) is 14.9. The van der Waals surface area contributed by atoms with E-state index in [1.807, 2.05) is 24.5 Å². The number of nitrogens with zero attached hydrogens (tertiary/aromatic N) is 2. The van der Waals surface area contributed by atoms with Crippen molar-refractivity contribution in [2.75, 3.05) is 26.2 Å². The number of pyridine rings is 1. The van der Waals surface area contributed by atoms with E-state index in [-0.39, 0.29) is 11.9 Å². The van der Waals surface area contributed by atoms with E-state index in [1.54, 1.807) is 6.92 Å². The van der Waals surface area contributed by atoms with Crippen molar-refractivity contribution in [2.24, 2.45) is 11.7 Å². The molecule has 5 nitrogen and oxygen atoms in total. The molecule has 1 aliphatic heterocycles. The highest BCUT2D eigenvalue weighted by Gasteiger charge is 2.25. The maximum atomic E-state index is 10.9. The van der Waals surface area contributed by atoms with E-state index in [4.69, 9.17) is 5.73 Å². The Bertz CT molecular complexity index is 415. The largest absolute Gasteiger partial charge is 0.356 e. The number of amides is 1. The van der Waals surface area contributed by atoms with Gasteiger partial charge in [-0.05, 0) is 49.5 Å². The monoisotopic (exact) mass is 276 g/mol. The van der Waals surface area contributed by atoms with E-state index in [9.17, 15) is 4.79 Å². The molecular weight excluding hydrogens is 252 g/mol. The van der Waals surface area contributed by atoms with E-state index in [0.29, 0.717) is 12.5 Å². The van der Waals surface area contributed by atoms with E-state index in [2.05, 4.69) is 15.2 Å². The zero-order valence-corrected chi connectivity index (χ0v) is 12.1. The van der Waals surface area contributed by atoms with Gasteiger partial charge < -0.3 is 11.1 Å². The Morgan fingerprint density at radius 1 is 1.45 bits per heavy atom. The summed E-state index contributed by atoms with van der Waals surface area (Å²) in [7, 11) is 0. The molecule has 1 fully saturated rings. The number of aromatic nitrogens is 1. The number of rotatable bonds is 5. The highest BCUT2D eigenvalue weighted by molar-refractivity contribution is 5.72. The van der Waals surface area contributed by atoms with Gasteiger partial charge in [-0.1, -0.05) is 0 Å². The fourth-order valence-corrected chi connectivity index (χ4v) is 2.84. The number of hydrogen-bond acceptors (Lipinski definition) is 4. The van der Waals surface area contributed by atoms with Crippen molar-refractivity contribution >= 4 is 5.91 Å². The SMILES string of the molecule is CC(=O)NCC1CCN(C(CN)c2ccncc2)CC1. The van der Waals surface area contributed by atoms with Crippen molar-refractivity contribution in [1.82, 2.24) is 15.2 Å². The molecule has 1 saturated heterocycles. The van der Waals surface area contributed by atoms with Crippen LogP contribution < -0.4 is 11.1 Å². The summed E-state index contributed by atoms with van der Waals surface area (Å²) < 4.78 is 0. The summed E-state index contributed by atoms with van der Waals surface area (Å²) >= 11 is 0. The maximum Gasteiger partial charge on any atom is 0.216 e. The van der Waals surface area contributed by atoms with Gasteiger partial charge in [0.25, 0.3) is 0 Å². The molecule has 0 saturated carbocycles. The summed E-state index contributed by atoms with van der Waals surface area (Å²) in [5.41, 5.74) is 7.19. The van der Waals surface area contributed by atoms with Crippen LogP contribution in [0.25, 0.3) is 0 Å². The van der Waals surface area contributed by atoms with Crippen LogP contribution in [0.1, 0.15) is 31.4 Å². The van der Waals surface area contributed by atoms with Gasteiger partial charge in [-0.25, -0.2) is 0 Å². The van der Waals surface area contributed by atoms with Gasteiger partial charge in [-0.15, -0.1) is 0 Å². The molecule has 2 rings (SSSR count). The summed E-state index contributed by atoms with van der Waals surface area (Å²) in [6, 6.07) is 4.36. The second-order valence-electron chi connectivity index (χ2n) is 5.45. The van der Waals surface area contributed by atoms with Crippen LogP contribution in [0.4, 0.5) is 0 Å². The number of piperidine rings is 1. The third-order valence-corrected chi connectivity index (χ3v) is 4.04. The number of nitrogens with one attached hydrogen (secondary N) is 1. The molecule has 0 aliphatic carbocycles. The molecule has 5 heteroatoms. The molecule has 1 unspecified atom stereocenters.